The van der Waals surface area contributed by atoms with Crippen LogP contribution in [0.15, 0.2) is 59.1 Å². The van der Waals surface area contributed by atoms with Crippen LogP contribution in [-0.2, 0) is 4.79 Å². The van der Waals surface area contributed by atoms with E-state index in [1.165, 1.54) is 19.3 Å². The van der Waals surface area contributed by atoms with Gasteiger partial charge in [-0.05, 0) is 36.4 Å². The zero-order valence-electron chi connectivity index (χ0n) is 16.3. The molecule has 1 saturated carbocycles. The molecule has 1 aromatic carbocycles. The Bertz CT molecular complexity index is 943. The zero-order valence-corrected chi connectivity index (χ0v) is 17.1. The number of amides is 1. The van der Waals surface area contributed by atoms with E-state index in [1.807, 2.05) is 58.7 Å². The molecule has 6 nitrogen and oxygen atoms in total. The van der Waals surface area contributed by atoms with Crippen LogP contribution < -0.4 is 10.7 Å². The molecule has 0 aliphatic heterocycles. The largest absolute Gasteiger partial charge is 0.306 e. The van der Waals surface area contributed by atoms with Crippen molar-refractivity contribution in [2.75, 3.05) is 6.54 Å². The fourth-order valence-corrected chi connectivity index (χ4v) is 4.29. The Balaban J connectivity index is 1.43. The van der Waals surface area contributed by atoms with Gasteiger partial charge in [0.05, 0.1) is 23.3 Å². The third-order valence-corrected chi connectivity index (χ3v) is 5.94. The van der Waals surface area contributed by atoms with Crippen LogP contribution in [0.1, 0.15) is 37.7 Å². The lowest BCUT2D eigenvalue weighted by molar-refractivity contribution is -0.120. The van der Waals surface area contributed by atoms with Crippen molar-refractivity contribution in [3.8, 4) is 16.3 Å². The van der Waals surface area contributed by atoms with Crippen molar-refractivity contribution >= 4 is 23.5 Å². The number of hydrogen-bond acceptors (Lipinski definition) is 5. The van der Waals surface area contributed by atoms with E-state index >= 15 is 0 Å². The number of benzene rings is 1. The van der Waals surface area contributed by atoms with Gasteiger partial charge in [0, 0.05) is 17.8 Å². The van der Waals surface area contributed by atoms with E-state index in [-0.39, 0.29) is 5.91 Å². The van der Waals surface area contributed by atoms with E-state index in [4.69, 9.17) is 5.10 Å². The van der Waals surface area contributed by atoms with Crippen LogP contribution in [0.2, 0.25) is 0 Å². The lowest BCUT2D eigenvalue weighted by Crippen LogP contribution is -2.38. The molecule has 4 rings (SSSR count). The molecule has 1 fully saturated rings. The summed E-state index contributed by atoms with van der Waals surface area (Å²) in [6, 6.07) is 14.4. The molecule has 0 atom stereocenters. The van der Waals surface area contributed by atoms with Gasteiger partial charge in [-0.15, -0.1) is 11.3 Å². The predicted molar refractivity (Wildman–Crippen MR) is 117 cm³/mol. The van der Waals surface area contributed by atoms with Crippen molar-refractivity contribution in [3.05, 3.63) is 59.6 Å². The lowest BCUT2D eigenvalue weighted by Gasteiger charge is -2.22. The molecule has 29 heavy (non-hydrogen) atoms. The molecule has 0 unspecified atom stereocenters. The first-order chi connectivity index (χ1) is 14.3. The molecule has 1 aliphatic rings. The maximum Gasteiger partial charge on any atom is 0.254 e. The summed E-state index contributed by atoms with van der Waals surface area (Å²) >= 11 is 1.63. The molecule has 3 aromatic rings. The van der Waals surface area contributed by atoms with Crippen molar-refractivity contribution in [1.29, 1.82) is 0 Å². The number of rotatable bonds is 7. The minimum atomic E-state index is -0.125. The van der Waals surface area contributed by atoms with Crippen LogP contribution in [-0.4, -0.2) is 34.5 Å². The third-order valence-electron chi connectivity index (χ3n) is 5.07. The van der Waals surface area contributed by atoms with Gasteiger partial charge in [-0.3, -0.25) is 4.79 Å². The van der Waals surface area contributed by atoms with Crippen LogP contribution in [0.25, 0.3) is 16.3 Å². The Hall–Kier alpha value is -2.77. The Morgan fingerprint density at radius 2 is 2.00 bits per heavy atom. The Kier molecular flexibility index (Phi) is 6.49. The molecule has 2 aromatic heterocycles. The molecular weight excluding hydrogens is 382 g/mol. The van der Waals surface area contributed by atoms with Crippen molar-refractivity contribution in [2.24, 2.45) is 5.10 Å². The van der Waals surface area contributed by atoms with Crippen molar-refractivity contribution in [2.45, 2.75) is 38.1 Å². The molecule has 0 spiro atoms. The summed E-state index contributed by atoms with van der Waals surface area (Å²) in [5, 5.41) is 14.3. The maximum atomic E-state index is 12.1. The van der Waals surface area contributed by atoms with Crippen molar-refractivity contribution in [3.63, 3.8) is 0 Å². The molecule has 0 bridgehead atoms. The second-order valence-electron chi connectivity index (χ2n) is 7.20. The predicted octanol–water partition coefficient (Wildman–Crippen LogP) is 3.97. The highest BCUT2D eigenvalue weighted by Gasteiger charge is 2.14. The normalized spacial score (nSPS) is 15.0. The quantitative estimate of drug-likeness (QED) is 0.460. The molecule has 2 N–H and O–H groups in total. The van der Waals surface area contributed by atoms with E-state index in [2.05, 4.69) is 15.8 Å². The van der Waals surface area contributed by atoms with Gasteiger partial charge in [0.15, 0.2) is 0 Å². The molecule has 1 aliphatic carbocycles. The average Bonchev–Trinajstić information content (AvgIpc) is 3.44. The number of hydrogen-bond donors (Lipinski definition) is 2. The fraction of sp³-hybridized carbons (Fsp3) is 0.318. The second kappa shape index (κ2) is 9.62. The van der Waals surface area contributed by atoms with Gasteiger partial charge in [-0.1, -0.05) is 43.5 Å². The number of para-hydroxylation sites is 1. The molecule has 0 saturated heterocycles. The van der Waals surface area contributed by atoms with Crippen LogP contribution in [0.5, 0.6) is 0 Å². The van der Waals surface area contributed by atoms with Gasteiger partial charge in [0.1, 0.15) is 5.69 Å². The number of hydrazone groups is 1. The van der Waals surface area contributed by atoms with E-state index in [9.17, 15) is 4.79 Å². The highest BCUT2D eigenvalue weighted by Crippen LogP contribution is 2.26. The van der Waals surface area contributed by atoms with Crippen LogP contribution >= 0.6 is 11.3 Å². The highest BCUT2D eigenvalue weighted by molar-refractivity contribution is 7.13. The Morgan fingerprint density at radius 1 is 1.17 bits per heavy atom. The zero-order chi connectivity index (χ0) is 19.9. The van der Waals surface area contributed by atoms with Crippen molar-refractivity contribution in [1.82, 2.24) is 20.5 Å². The summed E-state index contributed by atoms with van der Waals surface area (Å²) in [4.78, 5) is 13.2. The molecule has 2 heterocycles. The van der Waals surface area contributed by atoms with E-state index in [0.29, 0.717) is 12.6 Å². The van der Waals surface area contributed by atoms with Crippen LogP contribution in [0, 0.1) is 0 Å². The first-order valence-electron chi connectivity index (χ1n) is 10.0. The summed E-state index contributed by atoms with van der Waals surface area (Å²) in [6.07, 6.45) is 9.69. The number of thiophene rings is 1. The van der Waals surface area contributed by atoms with Gasteiger partial charge in [-0.2, -0.15) is 10.2 Å². The van der Waals surface area contributed by atoms with Gasteiger partial charge in [-0.25, -0.2) is 10.1 Å². The minimum Gasteiger partial charge on any atom is -0.306 e. The van der Waals surface area contributed by atoms with Crippen LogP contribution in [0.3, 0.4) is 0 Å². The summed E-state index contributed by atoms with van der Waals surface area (Å²) in [6.45, 7) is 0.295. The third kappa shape index (κ3) is 5.19. The SMILES string of the molecule is O=C(CNC1CCCCC1)NN=Cc1cn(-c2ccccc2)nc1-c1cccs1. The topological polar surface area (TPSA) is 71.3 Å². The maximum absolute atomic E-state index is 12.1. The van der Waals surface area contributed by atoms with Gasteiger partial charge >= 0.3 is 0 Å². The number of carbonyl (C=O) groups excluding carboxylic acids is 1. The van der Waals surface area contributed by atoms with Gasteiger partial charge in [0.2, 0.25) is 0 Å². The molecular formula is C22H25N5OS. The second-order valence-corrected chi connectivity index (χ2v) is 8.15. The number of nitrogens with one attached hydrogen (secondary N) is 2. The fourth-order valence-electron chi connectivity index (χ4n) is 3.56. The first kappa shape index (κ1) is 19.5. The standard InChI is InChI=1S/C22H25N5OS/c28-21(15-23-18-8-3-1-4-9-18)25-24-14-17-16-27(19-10-5-2-6-11-19)26-22(17)20-12-7-13-29-20/h2,5-7,10-14,16,18,23H,1,3-4,8-9,15H2,(H,25,28). The van der Waals surface area contributed by atoms with Crippen LogP contribution in [0.4, 0.5) is 0 Å². The van der Waals surface area contributed by atoms with E-state index in [0.717, 1.165) is 34.7 Å². The summed E-state index contributed by atoms with van der Waals surface area (Å²) in [7, 11) is 0. The monoisotopic (exact) mass is 407 g/mol. The number of nitrogens with zero attached hydrogens (tertiary/aromatic N) is 3. The molecule has 7 heteroatoms. The average molecular weight is 408 g/mol. The minimum absolute atomic E-state index is 0.125. The molecule has 0 radical (unpaired) electrons. The van der Waals surface area contributed by atoms with Gasteiger partial charge < -0.3 is 5.32 Å². The lowest BCUT2D eigenvalue weighted by atomic mass is 9.95. The highest BCUT2D eigenvalue weighted by atomic mass is 32.1. The smallest absolute Gasteiger partial charge is 0.254 e. The summed E-state index contributed by atoms with van der Waals surface area (Å²) in [5.74, 6) is -0.125. The molecule has 1 amide bonds. The first-order valence-corrected chi connectivity index (χ1v) is 10.9. The van der Waals surface area contributed by atoms with Crippen molar-refractivity contribution < 1.29 is 4.79 Å². The number of aromatic nitrogens is 2. The van der Waals surface area contributed by atoms with E-state index < -0.39 is 0 Å². The van der Waals surface area contributed by atoms with Gasteiger partial charge in [0.25, 0.3) is 5.91 Å². The number of carbonyl (C=O) groups is 1. The Morgan fingerprint density at radius 3 is 2.76 bits per heavy atom. The summed E-state index contributed by atoms with van der Waals surface area (Å²) in [5.41, 5.74) is 5.31. The summed E-state index contributed by atoms with van der Waals surface area (Å²) < 4.78 is 1.84. The Labute approximate surface area is 174 Å². The molecule has 150 valence electrons. The van der Waals surface area contributed by atoms with E-state index in [1.54, 1.807) is 17.6 Å².